The zero-order chi connectivity index (χ0) is 51.2. The van der Waals surface area contributed by atoms with Crippen molar-refractivity contribution in [1.82, 2.24) is 36.4 Å². The summed E-state index contributed by atoms with van der Waals surface area (Å²) < 4.78 is 5.86. The molecule has 3 aliphatic rings. The van der Waals surface area contributed by atoms with E-state index in [-0.39, 0.29) is 62.3 Å². The standard InChI is InChI=1S/C50H68N8O12/c1-6-34-44(63)54-36-22-24-41(62)58(48(36)67)38(26-30-13-9-7-10-14-30)49(68)57(5)37(25-32-17-19-33(59)20-18-32)46(65)55-42(28(2)3)50(69)70-29(4)43(47(66)53-34)56-45(64)35(21-23-39(51)60)52-40(61)27-31-15-11-8-12-16-31/h6-7,9-10,13-14,17-20,28-29,31,35-38,41-43,59,62H,8,11-12,15-16,21-27H2,1-5H3,(H2,51,60)(H,52,61)(H,53,66)(H,54,63)(H,55,65)(H,56,64)/b34-6-/t29-,35+,36+,37+,38+,41-,42+,43+/m1/s1. The number of carbonyl (C=O) groups is 9. The number of aliphatic hydroxyl groups excluding tert-OH is 1. The van der Waals surface area contributed by atoms with E-state index in [9.17, 15) is 53.4 Å². The van der Waals surface area contributed by atoms with Gasteiger partial charge in [0.2, 0.25) is 35.4 Å². The average Bonchev–Trinajstić information content (AvgIpc) is 3.32. The number of benzene rings is 2. The number of aromatic hydroxyl groups is 1. The normalized spacial score (nSPS) is 25.6. The Labute approximate surface area is 407 Å². The van der Waals surface area contributed by atoms with Gasteiger partial charge in [-0.15, -0.1) is 0 Å². The van der Waals surface area contributed by atoms with Crippen molar-refractivity contribution in [2.45, 2.75) is 153 Å². The molecule has 2 heterocycles. The third-order valence-electron chi connectivity index (χ3n) is 13.2. The lowest BCUT2D eigenvalue weighted by Gasteiger charge is -2.43. The number of rotatable bonds is 13. The maximum absolute atomic E-state index is 15.0. The molecular weight excluding hydrogens is 905 g/mol. The molecule has 2 aliphatic heterocycles. The molecule has 8 atom stereocenters. The molecule has 2 aromatic rings. The van der Waals surface area contributed by atoms with Crippen LogP contribution < -0.4 is 32.3 Å². The summed E-state index contributed by atoms with van der Waals surface area (Å²) in [5.74, 6) is -8.19. The van der Waals surface area contributed by atoms with Gasteiger partial charge in [-0.05, 0) is 81.0 Å². The highest BCUT2D eigenvalue weighted by molar-refractivity contribution is 6.02. The summed E-state index contributed by atoms with van der Waals surface area (Å²) in [6.45, 7) is 5.96. The second-order valence-corrected chi connectivity index (χ2v) is 18.8. The number of fused-ring (bicyclic) bond motifs is 2. The number of ether oxygens (including phenoxy) is 1. The molecule has 0 spiro atoms. The van der Waals surface area contributed by atoms with Gasteiger partial charge >= 0.3 is 5.97 Å². The molecule has 9 N–H and O–H groups in total. The first-order valence-electron chi connectivity index (χ1n) is 24.0. The molecule has 2 saturated heterocycles. The molecule has 5 rings (SSSR count). The van der Waals surface area contributed by atoms with Gasteiger partial charge in [-0.2, -0.15) is 0 Å². The van der Waals surface area contributed by atoms with Crippen molar-refractivity contribution in [3.8, 4) is 5.75 Å². The summed E-state index contributed by atoms with van der Waals surface area (Å²) in [5, 5.41) is 34.6. The van der Waals surface area contributed by atoms with E-state index in [1.54, 1.807) is 56.3 Å². The number of phenols is 1. The van der Waals surface area contributed by atoms with Crippen LogP contribution in [0, 0.1) is 11.8 Å². The van der Waals surface area contributed by atoms with E-state index in [2.05, 4.69) is 26.6 Å². The van der Waals surface area contributed by atoms with E-state index >= 15 is 0 Å². The Bertz CT molecular complexity index is 2250. The molecule has 0 radical (unpaired) electrons. The zero-order valence-corrected chi connectivity index (χ0v) is 40.5. The molecule has 1 saturated carbocycles. The molecule has 0 aromatic heterocycles. The number of cyclic esters (lactones) is 1. The Balaban J connectivity index is 1.56. The van der Waals surface area contributed by atoms with E-state index in [0.717, 1.165) is 41.9 Å². The lowest BCUT2D eigenvalue weighted by Crippen LogP contribution is -2.64. The molecular formula is C50H68N8O12. The molecule has 8 amide bonds. The Morgan fingerprint density at radius 3 is 2.13 bits per heavy atom. The van der Waals surface area contributed by atoms with Crippen molar-refractivity contribution >= 4 is 53.2 Å². The van der Waals surface area contributed by atoms with Crippen molar-refractivity contribution in [2.75, 3.05) is 7.05 Å². The third-order valence-corrected chi connectivity index (χ3v) is 13.2. The number of carbonyl (C=O) groups excluding carboxylic acids is 9. The fourth-order valence-corrected chi connectivity index (χ4v) is 9.08. The quantitative estimate of drug-likeness (QED) is 0.104. The highest BCUT2D eigenvalue weighted by atomic mass is 16.5. The van der Waals surface area contributed by atoms with Crippen LogP contribution in [0.25, 0.3) is 0 Å². The van der Waals surface area contributed by atoms with Crippen molar-refractivity contribution in [1.29, 1.82) is 0 Å². The van der Waals surface area contributed by atoms with Crippen LogP contribution in [-0.4, -0.2) is 129 Å². The molecule has 70 heavy (non-hydrogen) atoms. The number of esters is 1. The number of primary amides is 1. The SMILES string of the molecule is C/C=C1\NC(=O)[C@@H](NC(=O)[C@H](CCC(N)=O)NC(=O)CC2CCCCC2)[C@@H](C)OC(=O)[C@H](C(C)C)NC(=O)[C@H](Cc2ccc(O)cc2)N(C)C(=O)[C@H](Cc2ccccc2)N2C(=O)[C@H](CC[C@H]2O)NC1=O. The number of nitrogens with zero attached hydrogens (tertiary/aromatic N) is 2. The first-order valence-corrected chi connectivity index (χ1v) is 24.0. The van der Waals surface area contributed by atoms with E-state index < -0.39 is 108 Å². The number of aliphatic hydroxyl groups is 1. The second-order valence-electron chi connectivity index (χ2n) is 18.8. The van der Waals surface area contributed by atoms with E-state index in [1.807, 2.05) is 0 Å². The number of amides is 8. The molecule has 380 valence electrons. The molecule has 2 bridgehead atoms. The summed E-state index contributed by atoms with van der Waals surface area (Å²) in [7, 11) is 1.36. The lowest BCUT2D eigenvalue weighted by molar-refractivity contribution is -0.165. The van der Waals surface area contributed by atoms with Crippen LogP contribution >= 0.6 is 0 Å². The summed E-state index contributed by atoms with van der Waals surface area (Å²) >= 11 is 0. The van der Waals surface area contributed by atoms with Crippen LogP contribution in [0.3, 0.4) is 0 Å². The fraction of sp³-hybridized carbons (Fsp3) is 0.540. The third kappa shape index (κ3) is 14.6. The van der Waals surface area contributed by atoms with E-state index in [1.165, 1.54) is 39.1 Å². The average molecular weight is 973 g/mol. The van der Waals surface area contributed by atoms with Gasteiger partial charge in [0.05, 0.1) is 0 Å². The van der Waals surface area contributed by atoms with Gasteiger partial charge < -0.3 is 57.1 Å². The largest absolute Gasteiger partial charge is 0.508 e. The molecule has 0 unspecified atom stereocenters. The highest BCUT2D eigenvalue weighted by Gasteiger charge is 2.45. The van der Waals surface area contributed by atoms with Gasteiger partial charge in [-0.25, -0.2) is 4.79 Å². The number of phenolic OH excluding ortho intramolecular Hbond substituents is 1. The zero-order valence-electron chi connectivity index (χ0n) is 40.5. The summed E-state index contributed by atoms with van der Waals surface area (Å²) in [5.41, 5.74) is 6.17. The maximum atomic E-state index is 15.0. The Kier molecular flexibility index (Phi) is 19.4. The summed E-state index contributed by atoms with van der Waals surface area (Å²) in [6, 6.07) is 5.93. The Morgan fingerprint density at radius 1 is 0.857 bits per heavy atom. The number of piperidine rings is 1. The predicted octanol–water partition coefficient (Wildman–Crippen LogP) is 1.11. The van der Waals surface area contributed by atoms with Crippen LogP contribution in [0.1, 0.15) is 103 Å². The van der Waals surface area contributed by atoms with Crippen LogP contribution in [0.4, 0.5) is 0 Å². The second kappa shape index (κ2) is 25.2. The number of nitrogens with two attached hydrogens (primary N) is 1. The van der Waals surface area contributed by atoms with Crippen LogP contribution in [-0.2, 0) is 60.7 Å². The number of hydrogen-bond donors (Lipinski definition) is 8. The minimum atomic E-state index is -1.78. The lowest BCUT2D eigenvalue weighted by atomic mass is 9.87. The molecule has 20 nitrogen and oxygen atoms in total. The topological polar surface area (TPSA) is 296 Å². The summed E-state index contributed by atoms with van der Waals surface area (Å²) in [6.07, 6.45) is 2.07. The minimum Gasteiger partial charge on any atom is -0.508 e. The van der Waals surface area contributed by atoms with Crippen molar-refractivity contribution in [2.24, 2.45) is 17.6 Å². The number of allylic oxidation sites excluding steroid dienone is 1. The fourth-order valence-electron chi connectivity index (χ4n) is 9.08. The number of likely N-dealkylation sites (N-methyl/N-ethyl adjacent to an activating group) is 1. The van der Waals surface area contributed by atoms with Crippen molar-refractivity contribution in [3.63, 3.8) is 0 Å². The number of hydrogen-bond acceptors (Lipinski definition) is 12. The first kappa shape index (κ1) is 54.1. The van der Waals surface area contributed by atoms with Gasteiger partial charge in [0.25, 0.3) is 11.8 Å². The van der Waals surface area contributed by atoms with Gasteiger partial charge in [-0.1, -0.05) is 81.7 Å². The maximum Gasteiger partial charge on any atom is 0.329 e. The summed E-state index contributed by atoms with van der Waals surface area (Å²) in [4.78, 5) is 128. The predicted molar refractivity (Wildman–Crippen MR) is 254 cm³/mol. The van der Waals surface area contributed by atoms with Crippen molar-refractivity contribution < 1.29 is 58.1 Å². The van der Waals surface area contributed by atoms with Gasteiger partial charge in [-0.3, -0.25) is 38.4 Å². The van der Waals surface area contributed by atoms with Gasteiger partial charge in [0.15, 0.2) is 0 Å². The van der Waals surface area contributed by atoms with E-state index in [4.69, 9.17) is 10.5 Å². The van der Waals surface area contributed by atoms with Gasteiger partial charge in [0.1, 0.15) is 60.0 Å². The molecule has 20 heteroatoms. The van der Waals surface area contributed by atoms with Crippen molar-refractivity contribution in [3.05, 3.63) is 77.5 Å². The highest BCUT2D eigenvalue weighted by Crippen LogP contribution is 2.27. The monoisotopic (exact) mass is 972 g/mol. The van der Waals surface area contributed by atoms with Crippen LogP contribution in [0.15, 0.2) is 66.4 Å². The van der Waals surface area contributed by atoms with E-state index in [0.29, 0.717) is 11.1 Å². The molecule has 2 aromatic carbocycles. The Hall–Kier alpha value is -6.83. The number of nitrogens with one attached hydrogen (secondary N) is 5. The molecule has 1 aliphatic carbocycles. The van der Waals surface area contributed by atoms with Crippen LogP contribution in [0.2, 0.25) is 0 Å². The Morgan fingerprint density at radius 2 is 1.50 bits per heavy atom. The van der Waals surface area contributed by atoms with Gasteiger partial charge in [0, 0.05) is 32.7 Å². The minimum absolute atomic E-state index is 0.0534. The smallest absolute Gasteiger partial charge is 0.329 e. The molecule has 3 fully saturated rings. The van der Waals surface area contributed by atoms with Crippen LogP contribution in [0.5, 0.6) is 5.75 Å². The first-order chi connectivity index (χ1) is 33.3.